The van der Waals surface area contributed by atoms with E-state index in [1.165, 1.54) is 11.1 Å². The Morgan fingerprint density at radius 3 is 2.55 bits per heavy atom. The van der Waals surface area contributed by atoms with Crippen LogP contribution in [0.4, 0.5) is 13.2 Å². The smallest absolute Gasteiger partial charge is 0.390 e. The molecule has 1 aromatic rings. The number of aromatic nitrogens is 1. The van der Waals surface area contributed by atoms with E-state index in [0.717, 1.165) is 0 Å². The topological polar surface area (TPSA) is 56.6 Å². The minimum absolute atomic E-state index is 0.0464. The van der Waals surface area contributed by atoms with Crippen LogP contribution in [0, 0.1) is 0 Å². The zero-order valence-corrected chi connectivity index (χ0v) is 11.4. The molecule has 0 aliphatic heterocycles. The number of nitrogens with zero attached hydrogens (tertiary/aromatic N) is 2. The maximum Gasteiger partial charge on any atom is 0.390 e. The fraction of sp³-hybridized carbons (Fsp3) is 0.583. The molecule has 0 spiro atoms. The summed E-state index contributed by atoms with van der Waals surface area (Å²) >= 11 is 5.63. The zero-order valence-electron chi connectivity index (χ0n) is 10.6. The van der Waals surface area contributed by atoms with E-state index in [1.54, 1.807) is 12.1 Å². The second kappa shape index (κ2) is 7.78. The van der Waals surface area contributed by atoms with E-state index in [-0.39, 0.29) is 19.6 Å². The molecule has 0 unspecified atom stereocenters. The molecule has 1 atom stereocenters. The molecule has 114 valence electrons. The Morgan fingerprint density at radius 1 is 1.35 bits per heavy atom. The van der Waals surface area contributed by atoms with E-state index < -0.39 is 25.3 Å². The summed E-state index contributed by atoms with van der Waals surface area (Å²) < 4.78 is 36.8. The van der Waals surface area contributed by atoms with Crippen molar-refractivity contribution in [1.29, 1.82) is 0 Å². The van der Waals surface area contributed by atoms with Gasteiger partial charge < -0.3 is 10.2 Å². The van der Waals surface area contributed by atoms with Crippen LogP contribution in [0.25, 0.3) is 0 Å². The molecule has 0 saturated heterocycles. The average molecular weight is 313 g/mol. The maximum atomic E-state index is 12.3. The highest BCUT2D eigenvalue weighted by Gasteiger charge is 2.28. The van der Waals surface area contributed by atoms with Crippen molar-refractivity contribution < 1.29 is 23.4 Å². The predicted octanol–water partition coefficient (Wildman–Crippen LogP) is 1.84. The highest BCUT2D eigenvalue weighted by molar-refractivity contribution is 6.29. The van der Waals surface area contributed by atoms with Crippen LogP contribution >= 0.6 is 11.6 Å². The Balaban J connectivity index is 2.63. The van der Waals surface area contributed by atoms with Crippen molar-refractivity contribution in [3.05, 3.63) is 29.0 Å². The summed E-state index contributed by atoms with van der Waals surface area (Å²) in [5, 5.41) is 18.5. The lowest BCUT2D eigenvalue weighted by molar-refractivity contribution is -0.139. The van der Waals surface area contributed by atoms with Crippen LogP contribution in [-0.2, 0) is 6.54 Å². The minimum Gasteiger partial charge on any atom is -0.394 e. The number of hydrogen-bond acceptors (Lipinski definition) is 4. The molecule has 2 N–H and O–H groups in total. The number of pyridine rings is 1. The van der Waals surface area contributed by atoms with Crippen LogP contribution in [0.2, 0.25) is 5.15 Å². The number of alkyl halides is 3. The largest absolute Gasteiger partial charge is 0.394 e. The normalized spacial score (nSPS) is 13.8. The molecule has 0 fully saturated rings. The van der Waals surface area contributed by atoms with Gasteiger partial charge in [-0.3, -0.25) is 4.90 Å². The molecule has 0 amide bonds. The van der Waals surface area contributed by atoms with Crippen molar-refractivity contribution in [2.45, 2.75) is 25.2 Å². The molecule has 8 heteroatoms. The number of aliphatic hydroxyl groups excluding tert-OH is 2. The maximum absolute atomic E-state index is 12.3. The molecule has 0 aromatic carbocycles. The summed E-state index contributed by atoms with van der Waals surface area (Å²) in [6, 6.07) is 3.20. The van der Waals surface area contributed by atoms with Gasteiger partial charge in [0.05, 0.1) is 19.1 Å². The first-order chi connectivity index (χ1) is 9.30. The number of aliphatic hydroxyl groups is 2. The van der Waals surface area contributed by atoms with Gasteiger partial charge in [-0.05, 0) is 11.6 Å². The van der Waals surface area contributed by atoms with Crippen molar-refractivity contribution in [3.8, 4) is 0 Å². The lowest BCUT2D eigenvalue weighted by Gasteiger charge is -2.24. The van der Waals surface area contributed by atoms with Crippen LogP contribution in [-0.4, -0.2) is 52.1 Å². The molecule has 1 heterocycles. The lowest BCUT2D eigenvalue weighted by atomic mass is 10.2. The van der Waals surface area contributed by atoms with Gasteiger partial charge in [0.15, 0.2) is 0 Å². The monoisotopic (exact) mass is 312 g/mol. The van der Waals surface area contributed by atoms with Gasteiger partial charge in [-0.1, -0.05) is 17.7 Å². The van der Waals surface area contributed by atoms with Gasteiger partial charge in [-0.25, -0.2) is 4.98 Å². The quantitative estimate of drug-likeness (QED) is 0.754. The van der Waals surface area contributed by atoms with Gasteiger partial charge in [0.2, 0.25) is 0 Å². The predicted molar refractivity (Wildman–Crippen MR) is 68.3 cm³/mol. The second-order valence-corrected chi connectivity index (χ2v) is 4.81. The third kappa shape index (κ3) is 7.04. The second-order valence-electron chi connectivity index (χ2n) is 4.43. The van der Waals surface area contributed by atoms with Gasteiger partial charge in [0.1, 0.15) is 5.15 Å². The molecular formula is C12H16ClF3N2O2. The third-order valence-electron chi connectivity index (χ3n) is 2.59. The Labute approximate surface area is 119 Å². The SMILES string of the molecule is OC[C@@H](O)CN(CCC(F)(F)F)Cc1ccc(Cl)nc1. The fourth-order valence-corrected chi connectivity index (χ4v) is 1.75. The van der Waals surface area contributed by atoms with Crippen LogP contribution in [0.15, 0.2) is 18.3 Å². The molecule has 0 aliphatic rings. The van der Waals surface area contributed by atoms with E-state index in [1.807, 2.05) is 0 Å². The number of halogens is 4. The van der Waals surface area contributed by atoms with E-state index >= 15 is 0 Å². The summed E-state index contributed by atoms with van der Waals surface area (Å²) in [5.41, 5.74) is 0.682. The molecule has 0 bridgehead atoms. The van der Waals surface area contributed by atoms with Crippen LogP contribution in [0.3, 0.4) is 0 Å². The Kier molecular flexibility index (Phi) is 6.67. The van der Waals surface area contributed by atoms with Crippen LogP contribution in [0.5, 0.6) is 0 Å². The third-order valence-corrected chi connectivity index (χ3v) is 2.81. The van der Waals surface area contributed by atoms with E-state index in [4.69, 9.17) is 16.7 Å². The van der Waals surface area contributed by atoms with E-state index in [0.29, 0.717) is 10.7 Å². The van der Waals surface area contributed by atoms with Gasteiger partial charge in [-0.15, -0.1) is 0 Å². The van der Waals surface area contributed by atoms with Crippen LogP contribution in [0.1, 0.15) is 12.0 Å². The van der Waals surface area contributed by atoms with Crippen molar-refractivity contribution in [1.82, 2.24) is 9.88 Å². The minimum atomic E-state index is -4.26. The van der Waals surface area contributed by atoms with Gasteiger partial charge >= 0.3 is 6.18 Å². The highest BCUT2D eigenvalue weighted by Crippen LogP contribution is 2.20. The zero-order chi connectivity index (χ0) is 15.2. The van der Waals surface area contributed by atoms with Gasteiger partial charge in [-0.2, -0.15) is 13.2 Å². The highest BCUT2D eigenvalue weighted by atomic mass is 35.5. The van der Waals surface area contributed by atoms with E-state index in [2.05, 4.69) is 4.98 Å². The molecule has 20 heavy (non-hydrogen) atoms. The first-order valence-corrected chi connectivity index (χ1v) is 6.36. The molecule has 4 nitrogen and oxygen atoms in total. The molecule has 1 aromatic heterocycles. The van der Waals surface area contributed by atoms with Gasteiger partial charge in [0.25, 0.3) is 0 Å². The van der Waals surface area contributed by atoms with Gasteiger partial charge in [0, 0.05) is 25.8 Å². The molecule has 1 rings (SSSR count). The Morgan fingerprint density at radius 2 is 2.05 bits per heavy atom. The molecule has 0 aliphatic carbocycles. The average Bonchev–Trinajstić information content (AvgIpc) is 2.37. The standard InChI is InChI=1S/C12H16ClF3N2O2/c13-11-2-1-9(5-17-11)6-18(7-10(20)8-19)4-3-12(14,15)16/h1-2,5,10,19-20H,3-4,6-8H2/t10-/m0/s1. The number of hydrogen-bond donors (Lipinski definition) is 2. The Bertz CT molecular complexity index is 401. The van der Waals surface area contributed by atoms with Crippen LogP contribution < -0.4 is 0 Å². The fourth-order valence-electron chi connectivity index (χ4n) is 1.63. The summed E-state index contributed by atoms with van der Waals surface area (Å²) in [6.07, 6.45) is -4.86. The summed E-state index contributed by atoms with van der Waals surface area (Å²) in [4.78, 5) is 5.26. The van der Waals surface area contributed by atoms with Crippen molar-refractivity contribution >= 4 is 11.6 Å². The van der Waals surface area contributed by atoms with Crippen molar-refractivity contribution in [2.75, 3.05) is 19.7 Å². The summed E-state index contributed by atoms with van der Waals surface area (Å²) in [7, 11) is 0. The van der Waals surface area contributed by atoms with Crippen molar-refractivity contribution in [2.24, 2.45) is 0 Å². The number of rotatable bonds is 7. The summed E-state index contributed by atoms with van der Waals surface area (Å²) in [6.45, 7) is -0.614. The molecular weight excluding hydrogens is 297 g/mol. The summed E-state index contributed by atoms with van der Waals surface area (Å²) in [5.74, 6) is 0. The molecule has 0 saturated carbocycles. The molecule has 0 radical (unpaired) electrons. The van der Waals surface area contributed by atoms with Crippen molar-refractivity contribution in [3.63, 3.8) is 0 Å². The first kappa shape index (κ1) is 17.2. The first-order valence-electron chi connectivity index (χ1n) is 5.98. The Hall–Kier alpha value is -0.890. The lowest BCUT2D eigenvalue weighted by Crippen LogP contribution is -2.36. The van der Waals surface area contributed by atoms with E-state index in [9.17, 15) is 18.3 Å².